The van der Waals surface area contributed by atoms with E-state index in [-0.39, 0.29) is 17.6 Å². The molecule has 0 unspecified atom stereocenters. The molecule has 0 bridgehead atoms. The number of carbonyl (C=O) groups is 2. The number of methoxy groups -OCH3 is 1. The fraction of sp³-hybridized carbons (Fsp3) is 0.111. The van der Waals surface area contributed by atoms with Crippen LogP contribution < -0.4 is 0 Å². The van der Waals surface area contributed by atoms with Crippen molar-refractivity contribution in [1.82, 2.24) is 0 Å². The van der Waals surface area contributed by atoms with E-state index >= 15 is 0 Å². The molecule has 0 saturated carbocycles. The van der Waals surface area contributed by atoms with Gasteiger partial charge in [0.2, 0.25) is 0 Å². The van der Waals surface area contributed by atoms with Gasteiger partial charge in [0.15, 0.2) is 5.78 Å². The maximum Gasteiger partial charge on any atom is 0.337 e. The van der Waals surface area contributed by atoms with Gasteiger partial charge in [0.25, 0.3) is 0 Å². The molecule has 0 fully saturated rings. The minimum Gasteiger partial charge on any atom is -0.465 e. The van der Waals surface area contributed by atoms with Crippen molar-refractivity contribution < 1.29 is 14.3 Å². The Kier molecular flexibility index (Phi) is 11.6. The molecule has 0 aromatic heterocycles. The predicted molar refractivity (Wildman–Crippen MR) is 101 cm³/mol. The minimum atomic E-state index is -0.346. The van der Waals surface area contributed by atoms with Crippen LogP contribution in [-0.2, 0) is 4.74 Å². The first-order valence-electron chi connectivity index (χ1n) is 6.66. The monoisotopic (exact) mass is 386 g/mol. The van der Waals surface area contributed by atoms with E-state index in [4.69, 9.17) is 34.8 Å². The van der Waals surface area contributed by atoms with Gasteiger partial charge in [-0.1, -0.05) is 23.2 Å². The predicted octanol–water partition coefficient (Wildman–Crippen LogP) is 5.69. The quantitative estimate of drug-likeness (QED) is 0.294. The summed E-state index contributed by atoms with van der Waals surface area (Å²) in [5.41, 5.74) is 1.11. The molecule has 0 N–H and O–H groups in total. The summed E-state index contributed by atoms with van der Waals surface area (Å²) >= 11 is 16.6. The van der Waals surface area contributed by atoms with Crippen molar-refractivity contribution in [2.24, 2.45) is 0 Å². The highest BCUT2D eigenvalue weighted by atomic mass is 35.5. The largest absolute Gasteiger partial charge is 0.465 e. The van der Waals surface area contributed by atoms with Crippen LogP contribution in [0.5, 0.6) is 0 Å². The summed E-state index contributed by atoms with van der Waals surface area (Å²) in [6.45, 7) is 6.00. The van der Waals surface area contributed by atoms with Crippen molar-refractivity contribution in [2.75, 3.05) is 13.0 Å². The lowest BCUT2D eigenvalue weighted by Crippen LogP contribution is -1.99. The molecule has 6 heteroatoms. The summed E-state index contributed by atoms with van der Waals surface area (Å²) in [5, 5.41) is 1.23. The molecule has 24 heavy (non-hydrogen) atoms. The third-order valence-electron chi connectivity index (χ3n) is 2.55. The molecule has 0 aliphatic rings. The van der Waals surface area contributed by atoms with Gasteiger partial charge in [-0.25, -0.2) is 4.79 Å². The van der Waals surface area contributed by atoms with Gasteiger partial charge in [0.1, 0.15) is 0 Å². The second-order valence-electron chi connectivity index (χ2n) is 4.06. The van der Waals surface area contributed by atoms with E-state index in [9.17, 15) is 9.59 Å². The van der Waals surface area contributed by atoms with Crippen LogP contribution in [0.2, 0.25) is 10.0 Å². The van der Waals surface area contributed by atoms with Crippen LogP contribution in [0.1, 0.15) is 20.7 Å². The lowest BCUT2D eigenvalue weighted by atomic mass is 10.2. The lowest BCUT2D eigenvalue weighted by molar-refractivity contribution is 0.0600. The normalized spacial score (nSPS) is 8.83. The highest BCUT2D eigenvalue weighted by Gasteiger charge is 2.03. The Morgan fingerprint density at radius 1 is 0.875 bits per heavy atom. The molecule has 0 radical (unpaired) electrons. The summed E-state index contributed by atoms with van der Waals surface area (Å²) < 4.78 is 4.49. The average molecular weight is 388 g/mol. The molecular formula is C18H17Cl3O3. The van der Waals surface area contributed by atoms with Gasteiger partial charge >= 0.3 is 5.97 Å². The molecular weight excluding hydrogens is 371 g/mol. The Morgan fingerprint density at radius 2 is 1.25 bits per heavy atom. The molecule has 2 aromatic rings. The average Bonchev–Trinajstić information content (AvgIpc) is 2.64. The van der Waals surface area contributed by atoms with Crippen LogP contribution in [0.15, 0.2) is 61.7 Å². The van der Waals surface area contributed by atoms with Gasteiger partial charge in [0, 0.05) is 15.6 Å². The molecule has 0 aliphatic heterocycles. The number of rotatable bonds is 3. The van der Waals surface area contributed by atoms with E-state index in [1.54, 1.807) is 48.5 Å². The maximum absolute atomic E-state index is 10.9. The number of benzene rings is 2. The van der Waals surface area contributed by atoms with E-state index in [2.05, 4.69) is 17.9 Å². The van der Waals surface area contributed by atoms with Crippen molar-refractivity contribution in [2.45, 2.75) is 0 Å². The number of ketones is 1. The maximum atomic E-state index is 10.9. The van der Waals surface area contributed by atoms with Crippen molar-refractivity contribution in [1.29, 1.82) is 0 Å². The molecule has 0 aliphatic carbocycles. The van der Waals surface area contributed by atoms with Crippen LogP contribution >= 0.6 is 34.8 Å². The zero-order valence-corrected chi connectivity index (χ0v) is 15.4. The Morgan fingerprint density at radius 3 is 1.58 bits per heavy atom. The molecule has 128 valence electrons. The van der Waals surface area contributed by atoms with Crippen LogP contribution in [-0.4, -0.2) is 24.7 Å². The van der Waals surface area contributed by atoms with Crippen molar-refractivity contribution in [3.05, 3.63) is 82.9 Å². The molecule has 0 saturated heterocycles. The third kappa shape index (κ3) is 8.16. The summed E-state index contributed by atoms with van der Waals surface area (Å²) in [5.74, 6) is -0.410. The second kappa shape index (κ2) is 12.6. The highest BCUT2D eigenvalue weighted by Crippen LogP contribution is 2.10. The lowest BCUT2D eigenvalue weighted by Gasteiger charge is -1.97. The highest BCUT2D eigenvalue weighted by molar-refractivity contribution is 6.32. The number of hydrogen-bond donors (Lipinski definition) is 0. The zero-order valence-electron chi connectivity index (χ0n) is 13.1. The Balaban J connectivity index is 0.000000400. The first kappa shape index (κ1) is 22.2. The summed E-state index contributed by atoms with van der Waals surface area (Å²) in [6, 6.07) is 13.2. The first-order chi connectivity index (χ1) is 11.5. The summed E-state index contributed by atoms with van der Waals surface area (Å²) in [6.07, 6.45) is 0. The molecule has 0 spiro atoms. The fourth-order valence-electron chi connectivity index (χ4n) is 1.42. The molecule has 0 heterocycles. The summed E-state index contributed by atoms with van der Waals surface area (Å²) in [7, 11) is 1.34. The van der Waals surface area contributed by atoms with Gasteiger partial charge < -0.3 is 4.74 Å². The Hall–Kier alpha value is -1.81. The molecule has 2 aromatic carbocycles. The van der Waals surface area contributed by atoms with Gasteiger partial charge in [-0.05, 0) is 48.5 Å². The topological polar surface area (TPSA) is 43.4 Å². The van der Waals surface area contributed by atoms with E-state index < -0.39 is 0 Å². The van der Waals surface area contributed by atoms with Gasteiger partial charge in [-0.3, -0.25) is 4.79 Å². The van der Waals surface area contributed by atoms with Crippen molar-refractivity contribution >= 4 is 46.6 Å². The van der Waals surface area contributed by atoms with Crippen LogP contribution in [0, 0.1) is 0 Å². The van der Waals surface area contributed by atoms with E-state index in [1.165, 1.54) is 7.11 Å². The number of alkyl halides is 1. The number of esters is 1. The van der Waals surface area contributed by atoms with Crippen molar-refractivity contribution in [3.63, 3.8) is 0 Å². The van der Waals surface area contributed by atoms with Crippen LogP contribution in [0.3, 0.4) is 0 Å². The number of carbonyl (C=O) groups excluding carboxylic acids is 2. The van der Waals surface area contributed by atoms with Gasteiger partial charge in [-0.15, -0.1) is 24.8 Å². The first-order valence-corrected chi connectivity index (χ1v) is 7.95. The van der Waals surface area contributed by atoms with Gasteiger partial charge in [-0.2, -0.15) is 0 Å². The second-order valence-corrected chi connectivity index (χ2v) is 5.20. The standard InChI is InChI=1S/C8H6Cl2O.C8H7ClO2.C2H4/c9-5-8(11)6-1-3-7(10)4-2-6;1-11-8(10)6-2-4-7(9)5-3-6;1-2/h1-4H,5H2;2-5H,1H3;1-2H2. The number of ether oxygens (including phenoxy) is 1. The number of Topliss-reactive ketones (excluding diaryl/α,β-unsaturated/α-hetero) is 1. The van der Waals surface area contributed by atoms with E-state index in [1.807, 2.05) is 0 Å². The summed E-state index contributed by atoms with van der Waals surface area (Å²) in [4.78, 5) is 21.8. The van der Waals surface area contributed by atoms with Crippen LogP contribution in [0.4, 0.5) is 0 Å². The Labute approximate surface area is 156 Å². The molecule has 2 rings (SSSR count). The van der Waals surface area contributed by atoms with E-state index in [0.29, 0.717) is 21.2 Å². The fourth-order valence-corrected chi connectivity index (χ4v) is 1.82. The Bertz CT molecular complexity index is 580. The SMILES string of the molecule is C=C.COC(=O)c1ccc(Cl)cc1.O=C(CCl)c1ccc(Cl)cc1. The third-order valence-corrected chi connectivity index (χ3v) is 3.30. The van der Waals surface area contributed by atoms with Crippen LogP contribution in [0.25, 0.3) is 0 Å². The number of hydrogen-bond acceptors (Lipinski definition) is 3. The van der Waals surface area contributed by atoms with E-state index in [0.717, 1.165) is 0 Å². The number of halogens is 3. The smallest absolute Gasteiger partial charge is 0.337 e. The molecule has 0 atom stereocenters. The zero-order chi connectivity index (χ0) is 18.5. The van der Waals surface area contributed by atoms with Gasteiger partial charge in [0.05, 0.1) is 18.6 Å². The molecule has 0 amide bonds. The minimum absolute atomic E-state index is 0.0155. The molecule has 3 nitrogen and oxygen atoms in total. The van der Waals surface area contributed by atoms with Crippen molar-refractivity contribution in [3.8, 4) is 0 Å².